The minimum atomic E-state index is -1.33. The molecule has 11 nitrogen and oxygen atoms in total. The quantitative estimate of drug-likeness (QED) is 0.0711. The summed E-state index contributed by atoms with van der Waals surface area (Å²) in [5.41, 5.74) is -1.41. The van der Waals surface area contributed by atoms with E-state index in [1.807, 2.05) is 27.7 Å². The highest BCUT2D eigenvalue weighted by Gasteiger charge is 2.46. The first-order valence-corrected chi connectivity index (χ1v) is 22.2. The van der Waals surface area contributed by atoms with Gasteiger partial charge in [0.1, 0.15) is 5.50 Å². The van der Waals surface area contributed by atoms with Crippen LogP contribution < -0.4 is 10.6 Å². The number of rotatable bonds is 14. The van der Waals surface area contributed by atoms with E-state index in [1.54, 1.807) is 13.8 Å². The van der Waals surface area contributed by atoms with Crippen LogP contribution in [-0.2, 0) is 14.2 Å². The summed E-state index contributed by atoms with van der Waals surface area (Å²) >= 11 is 4.76. The lowest BCUT2D eigenvalue weighted by Crippen LogP contribution is -2.55. The molecule has 54 heavy (non-hydrogen) atoms. The molecule has 1 saturated carbocycles. The summed E-state index contributed by atoms with van der Waals surface area (Å²) in [5.74, 6) is -0.571. The number of ether oxygens (including phenoxy) is 3. The molecule has 2 saturated heterocycles. The molecule has 0 amide bonds. The molecule has 3 fully saturated rings. The van der Waals surface area contributed by atoms with Crippen LogP contribution in [0, 0.1) is 29.6 Å². The van der Waals surface area contributed by atoms with Crippen molar-refractivity contribution in [3.8, 4) is 0 Å². The lowest BCUT2D eigenvalue weighted by atomic mass is 9.78. The normalized spacial score (nSPS) is 41.0. The second kappa shape index (κ2) is 23.5. The van der Waals surface area contributed by atoms with Crippen molar-refractivity contribution in [3.05, 3.63) is 0 Å². The lowest BCUT2D eigenvalue weighted by molar-refractivity contribution is -0.271. The molecule has 1 aliphatic carbocycles. The Labute approximate surface area is 335 Å². The molecular formula is C42H84N4O7S. The van der Waals surface area contributed by atoms with Crippen LogP contribution in [0.2, 0.25) is 0 Å². The Bertz CT molecular complexity index is 1030. The number of nitrogens with one attached hydrogen (secondary N) is 2. The Morgan fingerprint density at radius 1 is 0.889 bits per heavy atom. The van der Waals surface area contributed by atoms with Gasteiger partial charge in [0.15, 0.2) is 12.6 Å². The fourth-order valence-corrected chi connectivity index (χ4v) is 9.88. The highest BCUT2D eigenvalue weighted by atomic mass is 32.1. The fraction of sp³-hybridized carbons (Fsp3) is 1.00. The first-order chi connectivity index (χ1) is 25.4. The van der Waals surface area contributed by atoms with E-state index in [-0.39, 0.29) is 35.5 Å². The van der Waals surface area contributed by atoms with Gasteiger partial charge in [-0.05, 0) is 105 Å². The van der Waals surface area contributed by atoms with Gasteiger partial charge in [-0.2, -0.15) is 0 Å². The molecule has 15 atom stereocenters. The van der Waals surface area contributed by atoms with Gasteiger partial charge in [0, 0.05) is 42.8 Å². The number of aliphatic hydroxyl groups excluding tert-OH is 3. The first kappa shape index (κ1) is 48.3. The number of nitrogens with zero attached hydrogens (tertiary/aromatic N) is 2. The molecule has 8 unspecified atom stereocenters. The summed E-state index contributed by atoms with van der Waals surface area (Å²) in [6.45, 7) is 18.8. The van der Waals surface area contributed by atoms with Gasteiger partial charge >= 0.3 is 0 Å². The Morgan fingerprint density at radius 3 is 2.17 bits per heavy atom. The summed E-state index contributed by atoms with van der Waals surface area (Å²) in [5, 5.41) is 54.3. The third kappa shape index (κ3) is 14.9. The van der Waals surface area contributed by atoms with Crippen molar-refractivity contribution in [1.82, 2.24) is 20.4 Å². The highest BCUT2D eigenvalue weighted by molar-refractivity contribution is 7.80. The molecule has 6 N–H and O–H groups in total. The van der Waals surface area contributed by atoms with E-state index in [0.29, 0.717) is 25.8 Å². The monoisotopic (exact) mass is 789 g/mol. The van der Waals surface area contributed by atoms with Crippen LogP contribution >= 0.6 is 12.6 Å². The van der Waals surface area contributed by atoms with Crippen molar-refractivity contribution in [2.45, 2.75) is 199 Å². The topological polar surface area (TPSA) is 139 Å². The molecule has 2 aliphatic heterocycles. The van der Waals surface area contributed by atoms with E-state index in [4.69, 9.17) is 26.8 Å². The van der Waals surface area contributed by atoms with Crippen LogP contribution in [0.25, 0.3) is 0 Å². The van der Waals surface area contributed by atoms with Crippen molar-refractivity contribution in [1.29, 1.82) is 0 Å². The molecule has 0 aromatic rings. The smallest absolute Gasteiger partial charge is 0.159 e. The lowest BCUT2D eigenvalue weighted by Gasteiger charge is -2.45. The number of hydrogen-bond donors (Lipinski definition) is 7. The van der Waals surface area contributed by atoms with Crippen molar-refractivity contribution < 1.29 is 34.6 Å². The Kier molecular flexibility index (Phi) is 21.0. The van der Waals surface area contributed by atoms with E-state index in [2.05, 4.69) is 48.4 Å². The molecule has 3 rings (SSSR count). The number of aliphatic hydroxyl groups is 4. The van der Waals surface area contributed by atoms with Crippen molar-refractivity contribution in [2.24, 2.45) is 29.6 Å². The van der Waals surface area contributed by atoms with Crippen LogP contribution in [0.15, 0.2) is 0 Å². The summed E-state index contributed by atoms with van der Waals surface area (Å²) in [6.07, 6.45) is 8.05. The third-order valence-electron chi connectivity index (χ3n) is 13.1. The van der Waals surface area contributed by atoms with Crippen molar-refractivity contribution in [2.75, 3.05) is 40.3 Å². The molecule has 12 heteroatoms. The molecule has 320 valence electrons. The number of thiol groups is 1. The van der Waals surface area contributed by atoms with Gasteiger partial charge in [0.25, 0.3) is 0 Å². The summed E-state index contributed by atoms with van der Waals surface area (Å²) in [6, 6.07) is 0.0640. The zero-order valence-corrected chi connectivity index (χ0v) is 36.7. The average molecular weight is 789 g/mol. The Morgan fingerprint density at radius 2 is 1.54 bits per heavy atom. The van der Waals surface area contributed by atoms with Gasteiger partial charge in [0.05, 0.1) is 36.1 Å². The van der Waals surface area contributed by atoms with E-state index in [1.165, 1.54) is 44.9 Å². The minimum Gasteiger partial charge on any atom is -0.392 e. The zero-order valence-electron chi connectivity index (χ0n) is 35.8. The van der Waals surface area contributed by atoms with E-state index in [0.717, 1.165) is 38.4 Å². The minimum absolute atomic E-state index is 0.0135. The Hall–Kier alpha value is -0.0900. The predicted molar refractivity (Wildman–Crippen MR) is 221 cm³/mol. The fourth-order valence-electron chi connectivity index (χ4n) is 9.62. The standard InChI is InChI=1S/C42H84N4O7S/c1-11-35-29(4)38(48)32(7)46(22-16-21-44-41(54)43-20-15-19-33-17-13-12-14-18-33)26-27(2)25-42(8,50)39(30(5)37(47)31(6)40(49)52-35)53-36-24-34(45(9)10)23-28(3)51-36/h27-41,43-44,47-50,54H,11-26H2,1-10H3/t27-,28?,29?,30+,31?,32+,34?,35-,36-,37+,38-,39?,40?,41?,42?/m0/s1. The van der Waals surface area contributed by atoms with Crippen molar-refractivity contribution in [3.63, 3.8) is 0 Å². The van der Waals surface area contributed by atoms with Gasteiger partial charge in [-0.3, -0.25) is 15.5 Å². The molecule has 0 aromatic heterocycles. The first-order valence-electron chi connectivity index (χ1n) is 21.7. The third-order valence-corrected chi connectivity index (χ3v) is 13.5. The van der Waals surface area contributed by atoms with Gasteiger partial charge < -0.3 is 39.5 Å². The van der Waals surface area contributed by atoms with Crippen LogP contribution in [0.5, 0.6) is 0 Å². The SMILES string of the molecule is CC[C@@H]1OC(O)C(C)[C@H](O)[C@@H](C)C(O[C@H]2CC(N(C)C)CC(C)O2)C(C)(O)C[C@H](C)CN(CCCNC(S)NCCCC2CCCCC2)[C@H](C)[C@@H](O)C1C. The average Bonchev–Trinajstić information content (AvgIpc) is 3.13. The van der Waals surface area contributed by atoms with E-state index >= 15 is 0 Å². The highest BCUT2D eigenvalue weighted by Crippen LogP contribution is 2.37. The molecule has 0 radical (unpaired) electrons. The predicted octanol–water partition coefficient (Wildman–Crippen LogP) is 5.20. The largest absolute Gasteiger partial charge is 0.392 e. The molecule has 0 bridgehead atoms. The van der Waals surface area contributed by atoms with Crippen molar-refractivity contribution >= 4 is 12.6 Å². The maximum Gasteiger partial charge on any atom is 0.159 e. The van der Waals surface area contributed by atoms with Crippen LogP contribution in [-0.4, -0.2) is 137 Å². The van der Waals surface area contributed by atoms with Gasteiger partial charge in [-0.15, -0.1) is 12.6 Å². The molecule has 3 aliphatic rings. The van der Waals surface area contributed by atoms with E-state index < -0.39 is 54.4 Å². The van der Waals surface area contributed by atoms with Crippen LogP contribution in [0.4, 0.5) is 0 Å². The summed E-state index contributed by atoms with van der Waals surface area (Å²) in [4.78, 5) is 4.53. The zero-order chi connectivity index (χ0) is 40.2. The molecular weight excluding hydrogens is 705 g/mol. The Balaban J connectivity index is 1.76. The van der Waals surface area contributed by atoms with Gasteiger partial charge in [-0.1, -0.05) is 66.7 Å². The summed E-state index contributed by atoms with van der Waals surface area (Å²) < 4.78 is 19.3. The second-order valence-corrected chi connectivity index (χ2v) is 18.8. The maximum absolute atomic E-state index is 12.4. The van der Waals surface area contributed by atoms with Gasteiger partial charge in [-0.25, -0.2) is 0 Å². The van der Waals surface area contributed by atoms with E-state index in [9.17, 15) is 20.4 Å². The molecule has 0 spiro atoms. The molecule has 2 heterocycles. The van der Waals surface area contributed by atoms with Crippen LogP contribution in [0.1, 0.15) is 132 Å². The summed E-state index contributed by atoms with van der Waals surface area (Å²) in [7, 11) is 4.13. The molecule has 0 aromatic carbocycles. The maximum atomic E-state index is 12.4. The second-order valence-electron chi connectivity index (χ2n) is 18.3. The van der Waals surface area contributed by atoms with Crippen LogP contribution in [0.3, 0.4) is 0 Å². The number of hydrogen-bond acceptors (Lipinski definition) is 12. The van der Waals surface area contributed by atoms with Gasteiger partial charge in [0.2, 0.25) is 0 Å².